The van der Waals surface area contributed by atoms with Crippen LogP contribution in [0.5, 0.6) is 0 Å². The monoisotopic (exact) mass is 1100 g/mol. The first-order valence-corrected chi connectivity index (χ1v) is 27.9. The van der Waals surface area contributed by atoms with Gasteiger partial charge in [0.05, 0.1) is 28.9 Å². The molecular formula is C63H59N3NaO10S2+. The number of rotatable bonds is 17. The molecule has 0 bridgehead atoms. The summed E-state index contributed by atoms with van der Waals surface area (Å²) in [4.78, 5) is 27.1. The van der Waals surface area contributed by atoms with Crippen LogP contribution < -0.4 is 44.2 Å². The first kappa shape index (κ1) is 57.2. The zero-order valence-electron chi connectivity index (χ0n) is 45.2. The van der Waals surface area contributed by atoms with E-state index in [4.69, 9.17) is 9.47 Å². The van der Waals surface area contributed by atoms with Crippen molar-refractivity contribution in [1.82, 2.24) is 4.48 Å². The average molecular weight is 1110 g/mol. The summed E-state index contributed by atoms with van der Waals surface area (Å²) >= 11 is 0.847. The van der Waals surface area contributed by atoms with Crippen molar-refractivity contribution >= 4 is 89.8 Å². The van der Waals surface area contributed by atoms with Gasteiger partial charge in [-0.3, -0.25) is 14.6 Å². The quantitative estimate of drug-likeness (QED) is 0.0125. The molecule has 398 valence electrons. The number of para-hydroxylation sites is 3. The van der Waals surface area contributed by atoms with Crippen LogP contribution in [-0.2, 0) is 49.4 Å². The van der Waals surface area contributed by atoms with E-state index in [0.717, 1.165) is 96.0 Å². The standard InChI is InChI=1S/C63H59N3O10S2.Na/c1-42(67)73-38-36-64-55-32-24-46-40-51(77-76-75-69)28-30-53(46)59(55)62(3,4)57(64)34-26-44-22-23-45(61(44)66(48-16-10-7-11-17-48,49-18-12-8-13-19-49)50-20-14-9-15-21-50)27-35-58-63(5,6)60-54-31-29-52(78(70,71)72)41-47(54)25-33-56(60)65(58)37-39-74-43(2)68;/h7-21,24-35,40-41H,22-23,36-39H2,1-6H3;/q;+1. The molecule has 0 spiro atoms. The van der Waals surface area contributed by atoms with Crippen LogP contribution in [0, 0.1) is 0 Å². The largest absolute Gasteiger partial charge is 1.00 e. The molecule has 0 amide bonds. The van der Waals surface area contributed by atoms with Gasteiger partial charge in [-0.05, 0) is 102 Å². The van der Waals surface area contributed by atoms with Crippen molar-refractivity contribution in [3.63, 3.8) is 0 Å². The van der Waals surface area contributed by atoms with Gasteiger partial charge in [-0.1, -0.05) is 92.7 Å². The molecule has 3 aliphatic rings. The van der Waals surface area contributed by atoms with Crippen molar-refractivity contribution in [2.45, 2.75) is 75.0 Å². The maximum Gasteiger partial charge on any atom is 1.00 e. The molecular weight excluding hydrogens is 1050 g/mol. The molecule has 0 saturated heterocycles. The third kappa shape index (κ3) is 10.8. The number of quaternary nitrogens is 1. The molecule has 10 rings (SSSR count). The molecule has 79 heavy (non-hydrogen) atoms. The Bertz CT molecular complexity index is 3690. The number of esters is 2. The molecule has 13 nitrogen and oxygen atoms in total. The third-order valence-electron chi connectivity index (χ3n) is 15.2. The number of benzene rings is 7. The van der Waals surface area contributed by atoms with Gasteiger partial charge in [0.25, 0.3) is 0 Å². The second-order valence-electron chi connectivity index (χ2n) is 20.6. The zero-order valence-corrected chi connectivity index (χ0v) is 48.9. The Hall–Kier alpha value is -6.47. The normalized spacial score (nSPS) is 16.8. The van der Waals surface area contributed by atoms with Gasteiger partial charge < -0.3 is 24.2 Å². The predicted octanol–water partition coefficient (Wildman–Crippen LogP) is 9.52. The Balaban J connectivity index is 0.00000757. The molecule has 0 fully saturated rings. The van der Waals surface area contributed by atoms with Gasteiger partial charge in [-0.25, -0.2) is 8.42 Å². The summed E-state index contributed by atoms with van der Waals surface area (Å²) in [6.45, 7) is 12.6. The predicted molar refractivity (Wildman–Crippen MR) is 302 cm³/mol. The molecule has 2 heterocycles. The van der Waals surface area contributed by atoms with Crippen LogP contribution >= 0.6 is 12.0 Å². The van der Waals surface area contributed by atoms with Crippen LogP contribution in [0.15, 0.2) is 208 Å². The summed E-state index contributed by atoms with van der Waals surface area (Å²) < 4.78 is 54.8. The van der Waals surface area contributed by atoms with E-state index < -0.39 is 20.9 Å². The van der Waals surface area contributed by atoms with Crippen molar-refractivity contribution in [2.24, 2.45) is 0 Å². The van der Waals surface area contributed by atoms with Crippen molar-refractivity contribution in [3.05, 3.63) is 210 Å². The van der Waals surface area contributed by atoms with Crippen LogP contribution in [0.25, 0.3) is 21.5 Å². The molecule has 1 aliphatic carbocycles. The maximum atomic E-state index is 12.2. The molecule has 0 atom stereocenters. The number of hydrogen-bond donors (Lipinski definition) is 0. The first-order chi connectivity index (χ1) is 37.5. The van der Waals surface area contributed by atoms with Crippen molar-refractivity contribution in [1.29, 1.82) is 0 Å². The van der Waals surface area contributed by atoms with Crippen molar-refractivity contribution in [3.8, 4) is 0 Å². The Morgan fingerprint density at radius 2 is 1.28 bits per heavy atom. The van der Waals surface area contributed by atoms with E-state index in [0.29, 0.717) is 36.2 Å². The number of carbonyl (C=O) groups excluding carboxylic acids is 2. The Morgan fingerprint density at radius 3 is 1.89 bits per heavy atom. The van der Waals surface area contributed by atoms with Crippen molar-refractivity contribution in [2.75, 3.05) is 31.2 Å². The molecule has 16 heteroatoms. The van der Waals surface area contributed by atoms with Gasteiger partial charge >= 0.3 is 41.5 Å². The van der Waals surface area contributed by atoms with E-state index in [2.05, 4.69) is 150 Å². The topological polar surface area (TPSA) is 158 Å². The fourth-order valence-corrected chi connectivity index (χ4v) is 13.0. The molecule has 7 aromatic carbocycles. The fraction of sp³-hybridized carbons (Fsp3) is 0.222. The van der Waals surface area contributed by atoms with E-state index in [1.807, 2.05) is 54.6 Å². The second-order valence-corrected chi connectivity index (χ2v) is 22.8. The van der Waals surface area contributed by atoms with E-state index in [1.54, 1.807) is 6.07 Å². The van der Waals surface area contributed by atoms with E-state index in [-0.39, 0.29) is 64.1 Å². The minimum absolute atomic E-state index is 0. The smallest absolute Gasteiger partial charge is 0.744 e. The average Bonchev–Trinajstić information content (AvgIpc) is 3.31. The summed E-state index contributed by atoms with van der Waals surface area (Å²) in [5.41, 5.74) is 11.1. The van der Waals surface area contributed by atoms with Gasteiger partial charge in [0.1, 0.15) is 33.8 Å². The van der Waals surface area contributed by atoms with E-state index in [9.17, 15) is 27.8 Å². The number of allylic oxidation sites excluding steroid dienone is 7. The van der Waals surface area contributed by atoms with Crippen LogP contribution in [0.1, 0.15) is 65.5 Å². The number of nitrogens with zero attached hydrogens (tertiary/aromatic N) is 3. The zero-order chi connectivity index (χ0) is 55.0. The number of carbonyl (C=O) groups is 2. The van der Waals surface area contributed by atoms with Crippen LogP contribution in [-0.4, -0.2) is 61.5 Å². The molecule has 0 N–H and O–H groups in total. The minimum atomic E-state index is -4.70. The van der Waals surface area contributed by atoms with Gasteiger partial charge in [0.2, 0.25) is 5.69 Å². The molecule has 0 radical (unpaired) electrons. The van der Waals surface area contributed by atoms with E-state index >= 15 is 0 Å². The van der Waals surface area contributed by atoms with Gasteiger partial charge in [-0.2, -0.15) is 13.4 Å². The summed E-state index contributed by atoms with van der Waals surface area (Å²) in [6.07, 6.45) is 10.3. The van der Waals surface area contributed by atoms with Gasteiger partial charge in [0, 0.05) is 101 Å². The Morgan fingerprint density at radius 1 is 0.696 bits per heavy atom. The van der Waals surface area contributed by atoms with Crippen molar-refractivity contribution < 1.29 is 80.8 Å². The maximum absolute atomic E-state index is 12.2. The Labute approximate surface area is 487 Å². The van der Waals surface area contributed by atoms with Crippen LogP contribution in [0.4, 0.5) is 28.4 Å². The SMILES string of the molecule is CC(=O)OCCN1C(=CC=C2CCC(C=CC3=[N+](CCOC(C)=O)c4ccc5cc(S(=O)(=O)[O-])ccc5c4C3(C)C)=C2[N+](c2ccccc2)(c2ccccc2)c2ccccc2)C(C)(C)c2c1ccc1cc(SOO[O-])ccc21.[Na+]. The summed E-state index contributed by atoms with van der Waals surface area (Å²) in [7, 11) is -4.70. The summed E-state index contributed by atoms with van der Waals surface area (Å²) in [5, 5.41) is 17.8. The fourth-order valence-electron chi connectivity index (χ4n) is 12.1. The molecule has 7 aromatic rings. The summed E-state index contributed by atoms with van der Waals surface area (Å²) in [5.74, 6) is -0.746. The summed E-state index contributed by atoms with van der Waals surface area (Å²) in [6, 6.07) is 50.0. The van der Waals surface area contributed by atoms with Crippen LogP contribution in [0.3, 0.4) is 0 Å². The number of anilines is 1. The minimum Gasteiger partial charge on any atom is -0.744 e. The molecule has 2 aliphatic heterocycles. The Kier molecular flexibility index (Phi) is 16.9. The first-order valence-electron chi connectivity index (χ1n) is 25.8. The number of hydrogen-bond acceptors (Lipinski definition) is 12. The molecule has 0 aromatic heterocycles. The van der Waals surface area contributed by atoms with E-state index in [1.165, 1.54) is 26.0 Å². The number of fused-ring (bicyclic) bond motifs is 6. The molecule has 0 saturated carbocycles. The van der Waals surface area contributed by atoms with Gasteiger partial charge in [0.15, 0.2) is 24.6 Å². The van der Waals surface area contributed by atoms with Crippen LogP contribution in [0.2, 0.25) is 0 Å². The third-order valence-corrected chi connectivity index (χ3v) is 16.6. The van der Waals surface area contributed by atoms with Gasteiger partial charge in [-0.15, -0.1) is 0 Å². The number of ether oxygens (including phenoxy) is 2. The second kappa shape index (κ2) is 23.3. The molecule has 0 unspecified atom stereocenters.